The van der Waals surface area contributed by atoms with Crippen LogP contribution in [0.3, 0.4) is 0 Å². The molecule has 0 radical (unpaired) electrons. The molecule has 0 saturated carbocycles. The average Bonchev–Trinajstić information content (AvgIpc) is 2.75. The predicted molar refractivity (Wildman–Crippen MR) is 117 cm³/mol. The van der Waals surface area contributed by atoms with E-state index in [0.29, 0.717) is 12.3 Å². The first-order valence-corrected chi connectivity index (χ1v) is 10.5. The molecule has 1 fully saturated rings. The highest BCUT2D eigenvalue weighted by atomic mass is 16.2. The van der Waals surface area contributed by atoms with E-state index in [2.05, 4.69) is 49.4 Å². The van der Waals surface area contributed by atoms with Gasteiger partial charge in [-0.15, -0.1) is 0 Å². The van der Waals surface area contributed by atoms with Crippen LogP contribution in [-0.4, -0.2) is 28.9 Å². The molecule has 3 nitrogen and oxygen atoms in total. The lowest BCUT2D eigenvalue weighted by Gasteiger charge is -2.32. The number of carbonyl (C=O) groups is 1. The molecule has 4 rings (SSSR count). The third kappa shape index (κ3) is 5.11. The monoisotopic (exact) mass is 384 g/mol. The fraction of sp³-hybridized carbons (Fsp3) is 0.308. The summed E-state index contributed by atoms with van der Waals surface area (Å²) in [4.78, 5) is 19.8. The number of amides is 1. The summed E-state index contributed by atoms with van der Waals surface area (Å²) in [7, 11) is 0. The van der Waals surface area contributed by atoms with E-state index in [-0.39, 0.29) is 5.91 Å². The third-order valence-electron chi connectivity index (χ3n) is 5.69. The molecule has 2 heterocycles. The van der Waals surface area contributed by atoms with Crippen LogP contribution in [0, 0.1) is 6.92 Å². The van der Waals surface area contributed by atoms with Crippen molar-refractivity contribution in [3.8, 4) is 0 Å². The maximum atomic E-state index is 12.8. The van der Waals surface area contributed by atoms with Gasteiger partial charge in [0.15, 0.2) is 0 Å². The normalized spacial score (nSPS) is 16.6. The van der Waals surface area contributed by atoms with Gasteiger partial charge in [-0.25, -0.2) is 0 Å². The molecule has 0 bridgehead atoms. The summed E-state index contributed by atoms with van der Waals surface area (Å²) in [6, 6.07) is 25.0. The van der Waals surface area contributed by atoms with Crippen LogP contribution in [0.5, 0.6) is 0 Å². The van der Waals surface area contributed by atoms with Gasteiger partial charge in [-0.3, -0.25) is 9.78 Å². The SMILES string of the molecule is Cc1cccc(Cc2cccc(C3CCCN(C(=O)Cc4ccccc4)C3)n2)c1. The number of likely N-dealkylation sites (tertiary alicyclic amines) is 1. The van der Waals surface area contributed by atoms with Crippen LogP contribution in [0.25, 0.3) is 0 Å². The molecule has 3 aromatic rings. The Labute approximate surface area is 173 Å². The number of carbonyl (C=O) groups excluding carboxylic acids is 1. The first-order valence-electron chi connectivity index (χ1n) is 10.5. The first-order chi connectivity index (χ1) is 14.2. The minimum Gasteiger partial charge on any atom is -0.342 e. The smallest absolute Gasteiger partial charge is 0.227 e. The summed E-state index contributed by atoms with van der Waals surface area (Å²) >= 11 is 0. The van der Waals surface area contributed by atoms with Crippen LogP contribution in [0.15, 0.2) is 72.8 Å². The Bertz CT molecular complexity index is 967. The van der Waals surface area contributed by atoms with Gasteiger partial charge in [0.25, 0.3) is 0 Å². The predicted octanol–water partition coefficient (Wildman–Crippen LogP) is 4.93. The molecule has 0 aliphatic carbocycles. The average molecular weight is 385 g/mol. The first kappa shape index (κ1) is 19.4. The fourth-order valence-electron chi connectivity index (χ4n) is 4.18. The number of rotatable bonds is 5. The molecule has 29 heavy (non-hydrogen) atoms. The van der Waals surface area contributed by atoms with Crippen molar-refractivity contribution in [2.24, 2.45) is 0 Å². The van der Waals surface area contributed by atoms with E-state index in [1.807, 2.05) is 35.2 Å². The van der Waals surface area contributed by atoms with E-state index in [1.54, 1.807) is 0 Å². The molecule has 1 aromatic heterocycles. The molecule has 1 unspecified atom stereocenters. The number of nitrogens with zero attached hydrogens (tertiary/aromatic N) is 2. The quantitative estimate of drug-likeness (QED) is 0.625. The molecule has 2 aromatic carbocycles. The molecule has 1 saturated heterocycles. The summed E-state index contributed by atoms with van der Waals surface area (Å²) in [5.74, 6) is 0.540. The van der Waals surface area contributed by atoms with Crippen molar-refractivity contribution >= 4 is 5.91 Å². The van der Waals surface area contributed by atoms with Crippen molar-refractivity contribution in [2.75, 3.05) is 13.1 Å². The lowest BCUT2D eigenvalue weighted by atomic mass is 9.93. The van der Waals surface area contributed by atoms with E-state index in [9.17, 15) is 4.79 Å². The Morgan fingerprint density at radius 2 is 1.79 bits per heavy atom. The maximum Gasteiger partial charge on any atom is 0.227 e. The number of benzene rings is 2. The van der Waals surface area contributed by atoms with E-state index >= 15 is 0 Å². The van der Waals surface area contributed by atoms with E-state index in [1.165, 1.54) is 11.1 Å². The Morgan fingerprint density at radius 3 is 2.62 bits per heavy atom. The summed E-state index contributed by atoms with van der Waals surface area (Å²) < 4.78 is 0. The van der Waals surface area contributed by atoms with Crippen molar-refractivity contribution in [3.05, 3.63) is 101 Å². The Hall–Kier alpha value is -2.94. The number of hydrogen-bond donors (Lipinski definition) is 0. The van der Waals surface area contributed by atoms with Crippen LogP contribution < -0.4 is 0 Å². The highest BCUT2D eigenvalue weighted by Crippen LogP contribution is 2.26. The van der Waals surface area contributed by atoms with Gasteiger partial charge in [0.05, 0.1) is 6.42 Å². The molecule has 148 valence electrons. The zero-order valence-electron chi connectivity index (χ0n) is 17.1. The van der Waals surface area contributed by atoms with Crippen LogP contribution in [0.4, 0.5) is 0 Å². The van der Waals surface area contributed by atoms with Gasteiger partial charge in [-0.2, -0.15) is 0 Å². The minimum absolute atomic E-state index is 0.219. The van der Waals surface area contributed by atoms with Crippen molar-refractivity contribution < 1.29 is 4.79 Å². The molecular weight excluding hydrogens is 356 g/mol. The lowest BCUT2D eigenvalue weighted by molar-refractivity contribution is -0.131. The molecule has 1 amide bonds. The second-order valence-corrected chi connectivity index (χ2v) is 8.06. The topological polar surface area (TPSA) is 33.2 Å². The van der Waals surface area contributed by atoms with Crippen molar-refractivity contribution in [3.63, 3.8) is 0 Å². The number of pyridine rings is 1. The minimum atomic E-state index is 0.219. The van der Waals surface area contributed by atoms with E-state index in [4.69, 9.17) is 4.98 Å². The highest BCUT2D eigenvalue weighted by Gasteiger charge is 2.25. The Morgan fingerprint density at radius 1 is 1.00 bits per heavy atom. The summed E-state index contributed by atoms with van der Waals surface area (Å²) in [5, 5.41) is 0. The van der Waals surface area contributed by atoms with Gasteiger partial charge in [-0.05, 0) is 43.0 Å². The van der Waals surface area contributed by atoms with Gasteiger partial charge in [0.2, 0.25) is 5.91 Å². The second-order valence-electron chi connectivity index (χ2n) is 8.06. The number of piperidine rings is 1. The molecule has 1 atom stereocenters. The van der Waals surface area contributed by atoms with Crippen molar-refractivity contribution in [1.29, 1.82) is 0 Å². The maximum absolute atomic E-state index is 12.8. The van der Waals surface area contributed by atoms with Crippen LogP contribution in [-0.2, 0) is 17.6 Å². The van der Waals surface area contributed by atoms with Crippen LogP contribution in [0.2, 0.25) is 0 Å². The highest BCUT2D eigenvalue weighted by molar-refractivity contribution is 5.79. The van der Waals surface area contributed by atoms with Crippen LogP contribution in [0.1, 0.15) is 46.8 Å². The second kappa shape index (κ2) is 9.04. The Kier molecular flexibility index (Phi) is 6.04. The van der Waals surface area contributed by atoms with E-state index < -0.39 is 0 Å². The third-order valence-corrected chi connectivity index (χ3v) is 5.69. The Balaban J connectivity index is 1.43. The van der Waals surface area contributed by atoms with Gasteiger partial charge < -0.3 is 4.90 Å². The zero-order valence-corrected chi connectivity index (χ0v) is 17.1. The molecular formula is C26H28N2O. The van der Waals surface area contributed by atoms with Gasteiger partial charge >= 0.3 is 0 Å². The molecule has 3 heteroatoms. The van der Waals surface area contributed by atoms with Gasteiger partial charge in [-0.1, -0.05) is 66.2 Å². The summed E-state index contributed by atoms with van der Waals surface area (Å²) in [5.41, 5.74) is 5.86. The number of aromatic nitrogens is 1. The number of aryl methyl sites for hydroxylation is 1. The summed E-state index contributed by atoms with van der Waals surface area (Å²) in [6.45, 7) is 3.74. The van der Waals surface area contributed by atoms with Crippen molar-refractivity contribution in [1.82, 2.24) is 9.88 Å². The summed E-state index contributed by atoms with van der Waals surface area (Å²) in [6.07, 6.45) is 3.46. The van der Waals surface area contributed by atoms with Gasteiger partial charge in [0, 0.05) is 36.8 Å². The lowest BCUT2D eigenvalue weighted by Crippen LogP contribution is -2.40. The van der Waals surface area contributed by atoms with Crippen molar-refractivity contribution in [2.45, 2.75) is 38.5 Å². The molecule has 1 aliphatic rings. The molecule has 1 aliphatic heterocycles. The number of hydrogen-bond acceptors (Lipinski definition) is 2. The molecule has 0 N–H and O–H groups in total. The van der Waals surface area contributed by atoms with E-state index in [0.717, 1.165) is 49.3 Å². The van der Waals surface area contributed by atoms with Gasteiger partial charge in [0.1, 0.15) is 0 Å². The van der Waals surface area contributed by atoms with Crippen LogP contribution >= 0.6 is 0 Å². The zero-order chi connectivity index (χ0) is 20.1. The fourth-order valence-corrected chi connectivity index (χ4v) is 4.18. The molecule has 0 spiro atoms. The standard InChI is InChI=1S/C26H28N2O/c1-20-8-5-11-22(16-20)17-24-13-6-14-25(27-24)23-12-7-15-28(19-23)26(29)18-21-9-3-2-4-10-21/h2-6,8-11,13-14,16,23H,7,12,15,17-19H2,1H3. The largest absolute Gasteiger partial charge is 0.342 e.